The van der Waals surface area contributed by atoms with Crippen LogP contribution in [0.2, 0.25) is 10.0 Å². The summed E-state index contributed by atoms with van der Waals surface area (Å²) < 4.78 is 6.56. The van der Waals surface area contributed by atoms with Gasteiger partial charge < -0.3 is 9.32 Å². The van der Waals surface area contributed by atoms with E-state index in [9.17, 15) is 14.4 Å². The summed E-state index contributed by atoms with van der Waals surface area (Å²) in [5.41, 5.74) is -0.0384. The van der Waals surface area contributed by atoms with Gasteiger partial charge in [-0.3, -0.25) is 14.9 Å². The Hall–Kier alpha value is -2.29. The Morgan fingerprint density at radius 3 is 2.48 bits per heavy atom. The van der Waals surface area contributed by atoms with Gasteiger partial charge in [-0.25, -0.2) is 9.69 Å². The van der Waals surface area contributed by atoms with Crippen molar-refractivity contribution >= 4 is 74.6 Å². The molecule has 0 unspecified atom stereocenters. The van der Waals surface area contributed by atoms with Gasteiger partial charge in [-0.2, -0.15) is 0 Å². The summed E-state index contributed by atoms with van der Waals surface area (Å²) in [6.07, 6.45) is 3.47. The maximum atomic E-state index is 12.9. The zero-order valence-electron chi connectivity index (χ0n) is 14.9. The number of barbiturate groups is 1. The molecule has 1 aromatic carbocycles. The standard InChI is InChI=1S/C19H14BrCl2N3O4/c20-13-9-11(29-18(13)24-5-1-2-6-24)8-12-16(26)23-19(28)25(17(12)27)10-3-4-14(21)15(22)7-10/h3-4,7-9H,1-2,5-6H2,(H,23,26,28)/b12-8+. The van der Waals surface area contributed by atoms with Crippen LogP contribution < -0.4 is 15.1 Å². The molecule has 3 heterocycles. The van der Waals surface area contributed by atoms with E-state index in [-0.39, 0.29) is 21.3 Å². The molecule has 2 aliphatic heterocycles. The highest BCUT2D eigenvalue weighted by molar-refractivity contribution is 9.10. The summed E-state index contributed by atoms with van der Waals surface area (Å²) >= 11 is 15.4. The molecule has 0 radical (unpaired) electrons. The van der Waals surface area contributed by atoms with Crippen molar-refractivity contribution in [2.24, 2.45) is 0 Å². The van der Waals surface area contributed by atoms with Crippen molar-refractivity contribution in [1.29, 1.82) is 0 Å². The second-order valence-corrected chi connectivity index (χ2v) is 8.22. The number of hydrogen-bond acceptors (Lipinski definition) is 5. The van der Waals surface area contributed by atoms with Gasteiger partial charge in [0.2, 0.25) is 5.88 Å². The van der Waals surface area contributed by atoms with Crippen molar-refractivity contribution in [3.8, 4) is 0 Å². The summed E-state index contributed by atoms with van der Waals surface area (Å²) in [4.78, 5) is 40.4. The normalized spacial score (nSPS) is 18.7. The van der Waals surface area contributed by atoms with Crippen LogP contribution in [0.5, 0.6) is 0 Å². The van der Waals surface area contributed by atoms with Gasteiger partial charge in [0.15, 0.2) is 0 Å². The van der Waals surface area contributed by atoms with Crippen LogP contribution in [-0.2, 0) is 9.59 Å². The van der Waals surface area contributed by atoms with Crippen molar-refractivity contribution in [2.75, 3.05) is 22.9 Å². The summed E-state index contributed by atoms with van der Waals surface area (Å²) in [5, 5.41) is 2.62. The molecule has 2 aromatic rings. The highest BCUT2D eigenvalue weighted by Crippen LogP contribution is 2.34. The van der Waals surface area contributed by atoms with Gasteiger partial charge in [-0.15, -0.1) is 0 Å². The molecule has 7 nitrogen and oxygen atoms in total. The minimum Gasteiger partial charge on any atom is -0.440 e. The number of nitrogens with zero attached hydrogens (tertiary/aromatic N) is 2. The van der Waals surface area contributed by atoms with E-state index in [0.29, 0.717) is 11.6 Å². The summed E-state index contributed by atoms with van der Waals surface area (Å²) in [6.45, 7) is 1.75. The van der Waals surface area contributed by atoms with E-state index in [0.717, 1.165) is 35.3 Å². The minimum atomic E-state index is -0.867. The second-order valence-electron chi connectivity index (χ2n) is 6.55. The molecule has 4 amide bonds. The lowest BCUT2D eigenvalue weighted by molar-refractivity contribution is -0.122. The lowest BCUT2D eigenvalue weighted by Gasteiger charge is -2.26. The Labute approximate surface area is 184 Å². The van der Waals surface area contributed by atoms with Crippen LogP contribution in [0.4, 0.5) is 16.4 Å². The molecule has 4 rings (SSSR count). The zero-order chi connectivity index (χ0) is 20.7. The average molecular weight is 499 g/mol. The van der Waals surface area contributed by atoms with Gasteiger partial charge in [-0.05, 0) is 53.0 Å². The first kappa shape index (κ1) is 20.0. The van der Waals surface area contributed by atoms with Crippen molar-refractivity contribution in [2.45, 2.75) is 12.8 Å². The molecule has 0 saturated carbocycles. The molecule has 0 bridgehead atoms. The fraction of sp³-hybridized carbons (Fsp3) is 0.211. The van der Waals surface area contributed by atoms with E-state index >= 15 is 0 Å². The van der Waals surface area contributed by atoms with Crippen LogP contribution in [0.3, 0.4) is 0 Å². The number of nitrogens with one attached hydrogen (secondary N) is 1. The van der Waals surface area contributed by atoms with E-state index in [4.69, 9.17) is 27.6 Å². The Morgan fingerprint density at radius 1 is 1.07 bits per heavy atom. The summed E-state index contributed by atoms with van der Waals surface area (Å²) in [7, 11) is 0. The van der Waals surface area contributed by atoms with Gasteiger partial charge in [0.1, 0.15) is 11.3 Å². The van der Waals surface area contributed by atoms with Crippen molar-refractivity contribution in [3.05, 3.63) is 50.1 Å². The van der Waals surface area contributed by atoms with E-state index < -0.39 is 17.8 Å². The molecule has 0 aliphatic carbocycles. The number of amides is 4. The molecule has 29 heavy (non-hydrogen) atoms. The topological polar surface area (TPSA) is 82.9 Å². The number of benzene rings is 1. The summed E-state index contributed by atoms with van der Waals surface area (Å²) in [6, 6.07) is 5.12. The lowest BCUT2D eigenvalue weighted by Crippen LogP contribution is -2.54. The predicted molar refractivity (Wildman–Crippen MR) is 113 cm³/mol. The number of halogens is 3. The maximum Gasteiger partial charge on any atom is 0.335 e. The molecular formula is C19H14BrCl2N3O4. The molecule has 2 saturated heterocycles. The van der Waals surface area contributed by atoms with Crippen molar-refractivity contribution in [3.63, 3.8) is 0 Å². The average Bonchev–Trinajstić information content (AvgIpc) is 3.31. The number of carbonyl (C=O) groups excluding carboxylic acids is 3. The Bertz CT molecular complexity index is 1060. The Morgan fingerprint density at radius 2 is 1.79 bits per heavy atom. The Balaban J connectivity index is 1.68. The number of imide groups is 2. The maximum absolute atomic E-state index is 12.9. The molecule has 2 aliphatic rings. The lowest BCUT2D eigenvalue weighted by atomic mass is 10.1. The van der Waals surface area contributed by atoms with Crippen LogP contribution in [0, 0.1) is 0 Å². The number of anilines is 2. The number of carbonyl (C=O) groups is 3. The number of hydrogen-bond donors (Lipinski definition) is 1. The summed E-state index contributed by atoms with van der Waals surface area (Å²) in [5.74, 6) is -0.616. The molecule has 1 N–H and O–H groups in total. The third-order valence-corrected chi connectivity index (χ3v) is 5.94. The van der Waals surface area contributed by atoms with Crippen LogP contribution >= 0.6 is 39.1 Å². The van der Waals surface area contributed by atoms with Crippen LogP contribution in [0.1, 0.15) is 18.6 Å². The van der Waals surface area contributed by atoms with E-state index in [1.165, 1.54) is 24.3 Å². The number of furan rings is 1. The third-order valence-electron chi connectivity index (χ3n) is 4.63. The highest BCUT2D eigenvalue weighted by Gasteiger charge is 2.37. The van der Waals surface area contributed by atoms with Gasteiger partial charge in [0, 0.05) is 19.2 Å². The third kappa shape index (κ3) is 3.80. The number of urea groups is 1. The zero-order valence-corrected chi connectivity index (χ0v) is 18.0. The molecule has 10 heteroatoms. The molecule has 0 spiro atoms. The molecular weight excluding hydrogens is 485 g/mol. The van der Waals surface area contributed by atoms with Crippen LogP contribution in [0.15, 0.2) is 38.7 Å². The number of rotatable bonds is 3. The first-order chi connectivity index (χ1) is 13.8. The van der Waals surface area contributed by atoms with Gasteiger partial charge >= 0.3 is 6.03 Å². The monoisotopic (exact) mass is 497 g/mol. The van der Waals surface area contributed by atoms with Crippen molar-refractivity contribution < 1.29 is 18.8 Å². The van der Waals surface area contributed by atoms with Crippen LogP contribution in [-0.4, -0.2) is 30.9 Å². The van der Waals surface area contributed by atoms with E-state index in [2.05, 4.69) is 26.1 Å². The SMILES string of the molecule is O=C1NC(=O)N(c2ccc(Cl)c(Cl)c2)C(=O)/C1=C/c1cc(Br)c(N2CCCC2)o1. The smallest absolute Gasteiger partial charge is 0.335 e. The molecule has 150 valence electrons. The van der Waals surface area contributed by atoms with Gasteiger partial charge in [0.05, 0.1) is 20.2 Å². The fourth-order valence-electron chi connectivity index (χ4n) is 3.24. The first-order valence-electron chi connectivity index (χ1n) is 8.76. The van der Waals surface area contributed by atoms with E-state index in [1.54, 1.807) is 6.07 Å². The highest BCUT2D eigenvalue weighted by atomic mass is 79.9. The molecule has 2 fully saturated rings. The quantitative estimate of drug-likeness (QED) is 0.493. The first-order valence-corrected chi connectivity index (χ1v) is 10.3. The minimum absolute atomic E-state index is 0.178. The van der Waals surface area contributed by atoms with Gasteiger partial charge in [-0.1, -0.05) is 23.2 Å². The predicted octanol–water partition coefficient (Wildman–Crippen LogP) is 4.62. The largest absolute Gasteiger partial charge is 0.440 e. The Kier molecular flexibility index (Phi) is 5.42. The molecule has 0 atom stereocenters. The second kappa shape index (κ2) is 7.85. The van der Waals surface area contributed by atoms with Crippen molar-refractivity contribution in [1.82, 2.24) is 5.32 Å². The van der Waals surface area contributed by atoms with E-state index in [1.807, 2.05) is 0 Å². The van der Waals surface area contributed by atoms with Gasteiger partial charge in [0.25, 0.3) is 11.8 Å². The van der Waals surface area contributed by atoms with Crippen LogP contribution in [0.25, 0.3) is 6.08 Å². The fourth-order valence-corrected chi connectivity index (χ4v) is 4.09. The molecule has 1 aromatic heterocycles.